The van der Waals surface area contributed by atoms with Crippen LogP contribution in [0.3, 0.4) is 0 Å². The maximum Gasteiger partial charge on any atom is 0.276 e. The van der Waals surface area contributed by atoms with Gasteiger partial charge in [0, 0.05) is 10.7 Å². The van der Waals surface area contributed by atoms with Gasteiger partial charge in [0.05, 0.1) is 4.90 Å². The molecular formula is C11H15ClN2O2S. The van der Waals surface area contributed by atoms with Gasteiger partial charge in [-0.05, 0) is 37.1 Å². The van der Waals surface area contributed by atoms with Crippen LogP contribution in [-0.4, -0.2) is 14.1 Å². The Bertz CT molecular complexity index is 489. The molecule has 0 fully saturated rings. The molecule has 0 atom stereocenters. The third-order valence-electron chi connectivity index (χ3n) is 2.26. The molecule has 0 heterocycles. The van der Waals surface area contributed by atoms with E-state index in [1.54, 1.807) is 0 Å². The summed E-state index contributed by atoms with van der Waals surface area (Å²) in [6.07, 6.45) is 1.44. The van der Waals surface area contributed by atoms with Crippen LogP contribution in [0.1, 0.15) is 26.7 Å². The molecule has 0 aromatic heterocycles. The smallest absolute Gasteiger partial charge is 0.200 e. The van der Waals surface area contributed by atoms with Gasteiger partial charge in [0.1, 0.15) is 0 Å². The van der Waals surface area contributed by atoms with E-state index >= 15 is 0 Å². The Hall–Kier alpha value is -1.07. The molecule has 0 saturated heterocycles. The number of hydrogen-bond donors (Lipinski definition) is 1. The zero-order valence-corrected chi connectivity index (χ0v) is 11.3. The van der Waals surface area contributed by atoms with E-state index in [4.69, 9.17) is 11.6 Å². The summed E-state index contributed by atoms with van der Waals surface area (Å²) >= 11 is 5.69. The first-order valence-electron chi connectivity index (χ1n) is 5.32. The van der Waals surface area contributed by atoms with Crippen LogP contribution in [0.15, 0.2) is 34.3 Å². The molecule has 0 saturated carbocycles. The minimum Gasteiger partial charge on any atom is -0.200 e. The number of halogens is 1. The number of nitrogens with zero attached hydrogens (tertiary/aromatic N) is 1. The molecule has 0 unspecified atom stereocenters. The lowest BCUT2D eigenvalue weighted by molar-refractivity contribution is 0.584. The van der Waals surface area contributed by atoms with Crippen molar-refractivity contribution in [2.75, 3.05) is 0 Å². The summed E-state index contributed by atoms with van der Waals surface area (Å²) < 4.78 is 23.6. The molecule has 0 aliphatic rings. The Morgan fingerprint density at radius 1 is 1.24 bits per heavy atom. The fraction of sp³-hybridized carbons (Fsp3) is 0.364. The van der Waals surface area contributed by atoms with Crippen LogP contribution in [0.25, 0.3) is 0 Å². The van der Waals surface area contributed by atoms with Crippen molar-refractivity contribution in [2.45, 2.75) is 31.6 Å². The molecule has 1 aromatic rings. The van der Waals surface area contributed by atoms with Crippen molar-refractivity contribution >= 4 is 27.3 Å². The van der Waals surface area contributed by atoms with Crippen molar-refractivity contribution in [1.82, 2.24) is 4.83 Å². The van der Waals surface area contributed by atoms with Crippen LogP contribution in [0.2, 0.25) is 5.02 Å². The van der Waals surface area contributed by atoms with E-state index in [0.29, 0.717) is 5.02 Å². The second-order valence-electron chi connectivity index (χ2n) is 3.43. The van der Waals surface area contributed by atoms with E-state index < -0.39 is 10.0 Å². The Labute approximate surface area is 107 Å². The first-order valence-corrected chi connectivity index (χ1v) is 7.18. The van der Waals surface area contributed by atoms with Gasteiger partial charge in [-0.2, -0.15) is 13.5 Å². The van der Waals surface area contributed by atoms with Gasteiger partial charge in [0.15, 0.2) is 0 Å². The number of nitrogens with one attached hydrogen (secondary N) is 1. The molecule has 0 amide bonds. The summed E-state index contributed by atoms with van der Waals surface area (Å²) in [5, 5.41) is 4.37. The standard InChI is InChI=1S/C11H15ClN2O2S/c1-3-10(4-2)13-14-17(15,16)11-7-5-9(12)6-8-11/h5-8,14H,3-4H2,1-2H3. The van der Waals surface area contributed by atoms with Crippen LogP contribution in [0.4, 0.5) is 0 Å². The molecule has 1 aromatic carbocycles. The summed E-state index contributed by atoms with van der Waals surface area (Å²) in [6.45, 7) is 3.86. The highest BCUT2D eigenvalue weighted by molar-refractivity contribution is 7.89. The summed E-state index contributed by atoms with van der Waals surface area (Å²) in [5.74, 6) is 0. The molecule has 0 bridgehead atoms. The zero-order valence-electron chi connectivity index (χ0n) is 9.77. The minimum atomic E-state index is -3.59. The Kier molecular flexibility index (Phi) is 4.96. The minimum absolute atomic E-state index is 0.150. The molecule has 1 N–H and O–H groups in total. The normalized spacial score (nSPS) is 11.0. The highest BCUT2D eigenvalue weighted by Crippen LogP contribution is 2.13. The summed E-state index contributed by atoms with van der Waals surface area (Å²) in [6, 6.07) is 5.94. The van der Waals surface area contributed by atoms with Gasteiger partial charge < -0.3 is 0 Å². The Balaban J connectivity index is 2.89. The van der Waals surface area contributed by atoms with Crippen LogP contribution >= 0.6 is 11.6 Å². The average molecular weight is 275 g/mol. The van der Waals surface area contributed by atoms with E-state index in [-0.39, 0.29) is 4.90 Å². The predicted molar refractivity (Wildman–Crippen MR) is 69.8 cm³/mol. The first-order chi connectivity index (χ1) is 7.99. The summed E-state index contributed by atoms with van der Waals surface area (Å²) in [4.78, 5) is 2.36. The topological polar surface area (TPSA) is 58.5 Å². The number of hydrazone groups is 1. The quantitative estimate of drug-likeness (QED) is 0.663. The third-order valence-corrected chi connectivity index (χ3v) is 3.74. The lowest BCUT2D eigenvalue weighted by atomic mass is 10.2. The van der Waals surface area contributed by atoms with Crippen molar-refractivity contribution in [3.63, 3.8) is 0 Å². The van der Waals surface area contributed by atoms with Gasteiger partial charge >= 0.3 is 0 Å². The number of hydrogen-bond acceptors (Lipinski definition) is 3. The van der Waals surface area contributed by atoms with Crippen molar-refractivity contribution in [2.24, 2.45) is 5.10 Å². The van der Waals surface area contributed by atoms with Crippen LogP contribution in [0.5, 0.6) is 0 Å². The summed E-state index contributed by atoms with van der Waals surface area (Å²) in [5.41, 5.74) is 0.808. The van der Waals surface area contributed by atoms with Crippen molar-refractivity contribution < 1.29 is 8.42 Å². The fourth-order valence-electron chi connectivity index (χ4n) is 1.20. The molecule has 17 heavy (non-hydrogen) atoms. The second kappa shape index (κ2) is 6.02. The van der Waals surface area contributed by atoms with Crippen molar-refractivity contribution in [3.8, 4) is 0 Å². The van der Waals surface area contributed by atoms with E-state index in [0.717, 1.165) is 18.6 Å². The van der Waals surface area contributed by atoms with Gasteiger partial charge in [0.25, 0.3) is 10.0 Å². The molecular weight excluding hydrogens is 260 g/mol. The van der Waals surface area contributed by atoms with Crippen molar-refractivity contribution in [3.05, 3.63) is 29.3 Å². The maximum atomic E-state index is 11.8. The third kappa shape index (κ3) is 4.02. The number of sulfonamides is 1. The van der Waals surface area contributed by atoms with E-state index in [1.165, 1.54) is 24.3 Å². The molecule has 6 heteroatoms. The average Bonchev–Trinajstić information content (AvgIpc) is 2.31. The van der Waals surface area contributed by atoms with Crippen LogP contribution in [0, 0.1) is 0 Å². The predicted octanol–water partition coefficient (Wildman–Crippen LogP) is 2.79. The van der Waals surface area contributed by atoms with Gasteiger partial charge in [-0.25, -0.2) is 4.83 Å². The highest BCUT2D eigenvalue weighted by atomic mass is 35.5. The first kappa shape index (κ1) is 14.0. The lowest BCUT2D eigenvalue weighted by Crippen LogP contribution is -2.20. The Morgan fingerprint density at radius 3 is 2.24 bits per heavy atom. The zero-order chi connectivity index (χ0) is 12.9. The second-order valence-corrected chi connectivity index (χ2v) is 5.53. The highest BCUT2D eigenvalue weighted by Gasteiger charge is 2.12. The Morgan fingerprint density at radius 2 is 1.76 bits per heavy atom. The monoisotopic (exact) mass is 274 g/mol. The van der Waals surface area contributed by atoms with Crippen LogP contribution in [-0.2, 0) is 10.0 Å². The summed E-state index contributed by atoms with van der Waals surface area (Å²) in [7, 11) is -3.59. The lowest BCUT2D eigenvalue weighted by Gasteiger charge is -2.05. The van der Waals surface area contributed by atoms with E-state index in [9.17, 15) is 8.42 Å². The molecule has 0 radical (unpaired) electrons. The number of rotatable bonds is 5. The van der Waals surface area contributed by atoms with Crippen molar-refractivity contribution in [1.29, 1.82) is 0 Å². The van der Waals surface area contributed by atoms with Gasteiger partial charge in [-0.1, -0.05) is 25.4 Å². The van der Waals surface area contributed by atoms with Gasteiger partial charge in [0.2, 0.25) is 0 Å². The van der Waals surface area contributed by atoms with Gasteiger partial charge in [-0.3, -0.25) is 0 Å². The molecule has 0 aliphatic carbocycles. The number of benzene rings is 1. The molecule has 0 aliphatic heterocycles. The largest absolute Gasteiger partial charge is 0.276 e. The molecule has 1 rings (SSSR count). The molecule has 94 valence electrons. The molecule has 0 spiro atoms. The van der Waals surface area contributed by atoms with Crippen LogP contribution < -0.4 is 4.83 Å². The maximum absolute atomic E-state index is 11.8. The fourth-order valence-corrected chi connectivity index (χ4v) is 2.17. The van der Waals surface area contributed by atoms with E-state index in [1.807, 2.05) is 13.8 Å². The molecule has 4 nitrogen and oxygen atoms in total. The van der Waals surface area contributed by atoms with Gasteiger partial charge in [-0.15, -0.1) is 0 Å². The van der Waals surface area contributed by atoms with E-state index in [2.05, 4.69) is 9.93 Å². The SMILES string of the molecule is CCC(CC)=NNS(=O)(=O)c1ccc(Cl)cc1.